The number of ether oxygens (including phenoxy) is 1. The highest BCUT2D eigenvalue weighted by Gasteiger charge is 2.42. The third kappa shape index (κ3) is 2.39. The molecule has 1 fully saturated rings. The summed E-state index contributed by atoms with van der Waals surface area (Å²) < 4.78 is 4.92. The number of hydroxylamine groups is 1. The van der Waals surface area contributed by atoms with Crippen molar-refractivity contribution in [2.75, 3.05) is 6.61 Å². The van der Waals surface area contributed by atoms with Gasteiger partial charge >= 0.3 is 0 Å². The summed E-state index contributed by atoms with van der Waals surface area (Å²) in [4.78, 5) is 0. The van der Waals surface area contributed by atoms with Crippen LogP contribution in [0.15, 0.2) is 0 Å². The summed E-state index contributed by atoms with van der Waals surface area (Å²) in [7, 11) is 0. The maximum atomic E-state index is 9.37. The summed E-state index contributed by atoms with van der Waals surface area (Å²) >= 11 is 0. The lowest BCUT2D eigenvalue weighted by atomic mass is 9.97. The lowest BCUT2D eigenvalue weighted by Gasteiger charge is -2.39. The van der Waals surface area contributed by atoms with Crippen LogP contribution in [0.5, 0.6) is 0 Å². The van der Waals surface area contributed by atoms with Crippen LogP contribution in [-0.2, 0) is 4.74 Å². The van der Waals surface area contributed by atoms with Gasteiger partial charge in [0.25, 0.3) is 0 Å². The molecule has 5 atom stereocenters. The summed E-state index contributed by atoms with van der Waals surface area (Å²) in [6, 6.07) is -0.960. The van der Waals surface area contributed by atoms with Gasteiger partial charge in [0.2, 0.25) is 0 Å². The first-order chi connectivity index (χ1) is 6.11. The molecule has 0 saturated carbocycles. The van der Waals surface area contributed by atoms with E-state index >= 15 is 0 Å². The molecule has 1 aliphatic heterocycles. The van der Waals surface area contributed by atoms with E-state index in [4.69, 9.17) is 20.8 Å². The Morgan fingerprint density at radius 1 is 1.29 bits per heavy atom. The van der Waals surface area contributed by atoms with E-state index in [9.17, 15) is 10.2 Å². The minimum atomic E-state index is -1.27. The first-order valence-corrected chi connectivity index (χ1v) is 3.89. The maximum absolute atomic E-state index is 9.37. The molecule has 14 heavy (non-hydrogen) atoms. The van der Waals surface area contributed by atoms with Crippen molar-refractivity contribution >= 4 is 0 Å². The van der Waals surface area contributed by atoms with E-state index in [1.807, 2.05) is 0 Å². The molecule has 1 heterocycles. The van der Waals surface area contributed by atoms with Crippen LogP contribution in [0.2, 0.25) is 0 Å². The van der Waals surface area contributed by atoms with Crippen molar-refractivity contribution in [1.82, 2.24) is 5.48 Å². The van der Waals surface area contributed by atoms with Gasteiger partial charge in [0.05, 0.1) is 12.6 Å². The second-order valence-corrected chi connectivity index (χ2v) is 2.96. The van der Waals surface area contributed by atoms with Crippen molar-refractivity contribution < 1.29 is 25.3 Å². The average molecular weight is 210 g/mol. The Hall–Kier alpha value is -0.280. The van der Waals surface area contributed by atoms with E-state index in [0.717, 1.165) is 0 Å². The van der Waals surface area contributed by atoms with Gasteiger partial charge in [-0.15, -0.1) is 0 Å². The highest BCUT2D eigenvalue weighted by Crippen LogP contribution is 2.17. The zero-order chi connectivity index (χ0) is 10.0. The molecule has 0 unspecified atom stereocenters. The Morgan fingerprint density at radius 2 is 1.86 bits per heavy atom. The van der Waals surface area contributed by atoms with Crippen LogP contribution >= 0.6 is 0 Å². The van der Waals surface area contributed by atoms with Crippen LogP contribution < -0.4 is 11.2 Å². The quantitative estimate of drug-likeness (QED) is 0.275. The Bertz CT molecular complexity index is 170. The normalized spacial score (nSPS) is 43.1. The molecule has 0 aromatic carbocycles. The van der Waals surface area contributed by atoms with E-state index in [2.05, 4.69) is 0 Å². The van der Waals surface area contributed by atoms with Crippen LogP contribution in [0.1, 0.15) is 7.43 Å². The fraction of sp³-hybridized carbons (Fsp3) is 1.00. The van der Waals surface area contributed by atoms with Crippen molar-refractivity contribution in [2.24, 2.45) is 5.73 Å². The van der Waals surface area contributed by atoms with Crippen LogP contribution in [0.4, 0.5) is 0 Å². The predicted octanol–water partition coefficient (Wildman–Crippen LogP) is -2.63. The molecule has 0 spiro atoms. The zero-order valence-corrected chi connectivity index (χ0v) is 6.87. The molecule has 7 N–H and O–H groups in total. The van der Waals surface area contributed by atoms with E-state index in [1.54, 1.807) is 5.48 Å². The fourth-order valence-electron chi connectivity index (χ4n) is 1.29. The van der Waals surface area contributed by atoms with Crippen molar-refractivity contribution in [3.05, 3.63) is 0 Å². The van der Waals surface area contributed by atoms with Crippen molar-refractivity contribution in [2.45, 2.75) is 38.0 Å². The molecule has 1 rings (SSSR count). The van der Waals surface area contributed by atoms with Gasteiger partial charge in [0.15, 0.2) is 0 Å². The number of aliphatic hydroxyl groups is 3. The summed E-state index contributed by atoms with van der Waals surface area (Å²) in [6.07, 6.45) is -4.43. The number of hydrogen-bond acceptors (Lipinski definition) is 7. The van der Waals surface area contributed by atoms with E-state index in [0.29, 0.717) is 0 Å². The van der Waals surface area contributed by atoms with Crippen molar-refractivity contribution in [3.63, 3.8) is 0 Å². The molecule has 0 aromatic rings. The SMILES string of the molecule is C.N[C@@H]1O[C@H](CO)[C@@H](O)[C@H](O)[C@H]1NO. The molecular formula is C7H18N2O5. The predicted molar refractivity (Wildman–Crippen MR) is 47.4 cm³/mol. The Balaban J connectivity index is 0.00000169. The first kappa shape index (κ1) is 13.7. The lowest BCUT2D eigenvalue weighted by Crippen LogP contribution is -2.65. The summed E-state index contributed by atoms with van der Waals surface area (Å²) in [5.74, 6) is 0. The molecule has 0 aromatic heterocycles. The van der Waals surface area contributed by atoms with Crippen LogP contribution in [0.3, 0.4) is 0 Å². The van der Waals surface area contributed by atoms with Gasteiger partial charge in [-0.2, -0.15) is 5.48 Å². The van der Waals surface area contributed by atoms with E-state index < -0.39 is 37.2 Å². The number of rotatable bonds is 2. The Kier molecular flexibility index (Phi) is 5.45. The van der Waals surface area contributed by atoms with Crippen molar-refractivity contribution in [3.8, 4) is 0 Å². The molecule has 7 nitrogen and oxygen atoms in total. The number of hydrogen-bond donors (Lipinski definition) is 6. The van der Waals surface area contributed by atoms with Crippen LogP contribution in [0, 0.1) is 0 Å². The van der Waals surface area contributed by atoms with Gasteiger partial charge in [0, 0.05) is 0 Å². The maximum Gasteiger partial charge on any atom is 0.126 e. The molecule has 86 valence electrons. The molecular weight excluding hydrogens is 192 g/mol. The number of nitrogens with one attached hydrogen (secondary N) is 1. The minimum absolute atomic E-state index is 0. The van der Waals surface area contributed by atoms with Crippen LogP contribution in [-0.4, -0.2) is 57.7 Å². The van der Waals surface area contributed by atoms with Gasteiger partial charge < -0.3 is 31.0 Å². The van der Waals surface area contributed by atoms with Gasteiger partial charge in [-0.1, -0.05) is 7.43 Å². The third-order valence-electron chi connectivity index (χ3n) is 2.11. The van der Waals surface area contributed by atoms with Crippen LogP contribution in [0.25, 0.3) is 0 Å². The third-order valence-corrected chi connectivity index (χ3v) is 2.11. The Labute approximate surface area is 82.1 Å². The monoisotopic (exact) mass is 210 g/mol. The lowest BCUT2D eigenvalue weighted by molar-refractivity contribution is -0.206. The molecule has 1 aliphatic rings. The minimum Gasteiger partial charge on any atom is -0.394 e. The number of nitrogens with two attached hydrogens (primary N) is 1. The molecule has 0 amide bonds. The van der Waals surface area contributed by atoms with Gasteiger partial charge in [-0.25, -0.2) is 0 Å². The van der Waals surface area contributed by atoms with E-state index in [-0.39, 0.29) is 7.43 Å². The smallest absolute Gasteiger partial charge is 0.126 e. The Morgan fingerprint density at radius 3 is 2.29 bits per heavy atom. The molecule has 7 heteroatoms. The summed E-state index contributed by atoms with van der Waals surface area (Å²) in [6.45, 7) is -0.440. The summed E-state index contributed by atoms with van der Waals surface area (Å²) in [5.41, 5.74) is 7.12. The molecule has 1 saturated heterocycles. The highest BCUT2D eigenvalue weighted by molar-refractivity contribution is 4.92. The standard InChI is InChI=1S/C6H14N2O5.CH4/c7-6-3(8-12)5(11)4(10)2(1-9)13-6;/h2-6,8-12H,1,7H2;1H4/t2-,3-,4-,5-,6-;/m1./s1. The summed E-state index contributed by atoms with van der Waals surface area (Å²) in [5, 5.41) is 36.0. The molecule has 0 radical (unpaired) electrons. The average Bonchev–Trinajstić information content (AvgIpc) is 2.12. The molecule has 0 bridgehead atoms. The topological polar surface area (TPSA) is 128 Å². The van der Waals surface area contributed by atoms with Crippen molar-refractivity contribution in [1.29, 1.82) is 0 Å². The largest absolute Gasteiger partial charge is 0.394 e. The highest BCUT2D eigenvalue weighted by atomic mass is 16.5. The first-order valence-electron chi connectivity index (χ1n) is 3.89. The zero-order valence-electron chi connectivity index (χ0n) is 6.87. The van der Waals surface area contributed by atoms with E-state index in [1.165, 1.54) is 0 Å². The number of aliphatic hydroxyl groups excluding tert-OH is 3. The van der Waals surface area contributed by atoms with Gasteiger partial charge in [-0.3, -0.25) is 0 Å². The second kappa shape index (κ2) is 5.56. The fourth-order valence-corrected chi connectivity index (χ4v) is 1.29. The van der Waals surface area contributed by atoms with Gasteiger partial charge in [0.1, 0.15) is 24.5 Å². The second-order valence-electron chi connectivity index (χ2n) is 2.96. The molecule has 0 aliphatic carbocycles. The van der Waals surface area contributed by atoms with Gasteiger partial charge in [-0.05, 0) is 0 Å².